The molecule has 1 N–H and O–H groups in total. The van der Waals surface area contributed by atoms with Crippen molar-refractivity contribution in [3.05, 3.63) is 69.9 Å². The second kappa shape index (κ2) is 6.58. The van der Waals surface area contributed by atoms with Crippen molar-refractivity contribution in [3.63, 3.8) is 0 Å². The number of aromatic nitrogens is 2. The lowest BCUT2D eigenvalue weighted by Crippen LogP contribution is -2.17. The average molecular weight is 347 g/mol. The molecule has 0 spiro atoms. The third-order valence-electron chi connectivity index (χ3n) is 4.14. The fourth-order valence-corrected chi connectivity index (χ4v) is 2.77. The summed E-state index contributed by atoms with van der Waals surface area (Å²) in [5.74, 6) is -0.914. The summed E-state index contributed by atoms with van der Waals surface area (Å²) in [6.07, 6.45) is -1.34. The monoisotopic (exact) mass is 347 g/mol. The molecule has 2 heterocycles. The van der Waals surface area contributed by atoms with E-state index in [2.05, 4.69) is 10.3 Å². The molecule has 25 heavy (non-hydrogen) atoms. The maximum Gasteiger partial charge on any atom is 0.266 e. The van der Waals surface area contributed by atoms with E-state index < -0.39 is 23.8 Å². The van der Waals surface area contributed by atoms with E-state index in [0.29, 0.717) is 16.7 Å². The van der Waals surface area contributed by atoms with Crippen molar-refractivity contribution in [2.75, 3.05) is 5.32 Å². The molecule has 0 saturated heterocycles. The van der Waals surface area contributed by atoms with Gasteiger partial charge in [0.1, 0.15) is 11.5 Å². The van der Waals surface area contributed by atoms with Crippen molar-refractivity contribution in [3.8, 4) is 0 Å². The molecule has 0 unspecified atom stereocenters. The topological polar surface area (TPSA) is 46.9 Å². The van der Waals surface area contributed by atoms with E-state index in [1.807, 2.05) is 0 Å². The zero-order chi connectivity index (χ0) is 18.1. The highest BCUT2D eigenvalue weighted by molar-refractivity contribution is 5.88. The molecule has 0 aliphatic rings. The molecule has 130 valence electrons. The Kier molecular flexibility index (Phi) is 4.48. The fraction of sp³-hybridized carbons (Fsp3) is 0.222. The maximum absolute atomic E-state index is 14.3. The van der Waals surface area contributed by atoms with Crippen LogP contribution in [0.3, 0.4) is 0 Å². The number of alkyl halides is 2. The van der Waals surface area contributed by atoms with Crippen molar-refractivity contribution in [1.82, 2.24) is 9.55 Å². The molecule has 2 aromatic heterocycles. The van der Waals surface area contributed by atoms with Crippen molar-refractivity contribution >= 4 is 16.7 Å². The van der Waals surface area contributed by atoms with Gasteiger partial charge in [-0.05, 0) is 19.1 Å². The third-order valence-corrected chi connectivity index (χ3v) is 4.14. The highest BCUT2D eigenvalue weighted by Gasteiger charge is 2.19. The maximum atomic E-state index is 14.3. The zero-order valence-electron chi connectivity index (χ0n) is 13.6. The molecule has 0 aliphatic heterocycles. The van der Waals surface area contributed by atoms with E-state index >= 15 is 0 Å². The first-order valence-corrected chi connectivity index (χ1v) is 7.68. The van der Waals surface area contributed by atoms with Crippen LogP contribution in [-0.2, 0) is 7.05 Å². The van der Waals surface area contributed by atoms with Crippen molar-refractivity contribution in [1.29, 1.82) is 0 Å². The predicted molar refractivity (Wildman–Crippen MR) is 90.4 cm³/mol. The molecule has 0 aliphatic carbocycles. The van der Waals surface area contributed by atoms with Gasteiger partial charge in [-0.3, -0.25) is 9.36 Å². The SMILES string of the molecule is C[C@@H](Nc1ccnc2c1ccc(=O)n2C)c1cccc(C(F)F)c1F. The minimum Gasteiger partial charge on any atom is -0.378 e. The van der Waals surface area contributed by atoms with Gasteiger partial charge in [0.15, 0.2) is 0 Å². The zero-order valence-corrected chi connectivity index (χ0v) is 13.6. The van der Waals surface area contributed by atoms with Gasteiger partial charge in [0.25, 0.3) is 12.0 Å². The number of hydrogen-bond acceptors (Lipinski definition) is 3. The van der Waals surface area contributed by atoms with Crippen LogP contribution in [0.5, 0.6) is 0 Å². The van der Waals surface area contributed by atoms with Gasteiger partial charge < -0.3 is 5.32 Å². The third kappa shape index (κ3) is 3.09. The van der Waals surface area contributed by atoms with Crippen LogP contribution in [0.15, 0.2) is 47.4 Å². The highest BCUT2D eigenvalue weighted by atomic mass is 19.3. The summed E-state index contributed by atoms with van der Waals surface area (Å²) in [6.45, 7) is 1.68. The van der Waals surface area contributed by atoms with Gasteiger partial charge in [-0.1, -0.05) is 18.2 Å². The minimum atomic E-state index is -2.87. The molecule has 0 radical (unpaired) electrons. The molecule has 0 fully saturated rings. The molecular formula is C18H16F3N3O. The molecule has 0 saturated carbocycles. The summed E-state index contributed by atoms with van der Waals surface area (Å²) in [5.41, 5.74) is 0.447. The van der Waals surface area contributed by atoms with Crippen molar-refractivity contribution in [2.24, 2.45) is 7.05 Å². The summed E-state index contributed by atoms with van der Waals surface area (Å²) < 4.78 is 41.5. The number of rotatable bonds is 4. The van der Waals surface area contributed by atoms with Crippen molar-refractivity contribution in [2.45, 2.75) is 19.4 Å². The van der Waals surface area contributed by atoms with Crippen LogP contribution in [0, 0.1) is 5.82 Å². The Hall–Kier alpha value is -2.83. The van der Waals surface area contributed by atoms with Crippen LogP contribution in [0.1, 0.15) is 30.5 Å². The van der Waals surface area contributed by atoms with Gasteiger partial charge in [0.05, 0.1) is 11.6 Å². The Bertz CT molecular complexity index is 985. The number of fused-ring (bicyclic) bond motifs is 1. The summed E-state index contributed by atoms with van der Waals surface area (Å²) >= 11 is 0. The predicted octanol–water partition coefficient (Wildman–Crippen LogP) is 4.18. The van der Waals surface area contributed by atoms with Gasteiger partial charge in [0, 0.05) is 35.9 Å². The molecule has 1 aromatic carbocycles. The number of pyridine rings is 2. The Balaban J connectivity index is 2.01. The van der Waals surface area contributed by atoms with E-state index in [9.17, 15) is 18.0 Å². The molecule has 1 atom stereocenters. The first-order valence-electron chi connectivity index (χ1n) is 7.68. The largest absolute Gasteiger partial charge is 0.378 e. The molecule has 0 bridgehead atoms. The van der Waals surface area contributed by atoms with Gasteiger partial charge in [0.2, 0.25) is 0 Å². The van der Waals surface area contributed by atoms with E-state index in [0.717, 1.165) is 6.07 Å². The van der Waals surface area contributed by atoms with Gasteiger partial charge in [-0.15, -0.1) is 0 Å². The van der Waals surface area contributed by atoms with Crippen molar-refractivity contribution < 1.29 is 13.2 Å². The van der Waals surface area contributed by atoms with Gasteiger partial charge >= 0.3 is 0 Å². The second-order valence-corrected chi connectivity index (χ2v) is 5.74. The Labute approximate surface area is 141 Å². The van der Waals surface area contributed by atoms with E-state index in [1.165, 1.54) is 29.0 Å². The average Bonchev–Trinajstić information content (AvgIpc) is 2.58. The molecular weight excluding hydrogens is 331 g/mol. The van der Waals surface area contributed by atoms with Gasteiger partial charge in [-0.2, -0.15) is 0 Å². The first kappa shape index (κ1) is 17.0. The van der Waals surface area contributed by atoms with Crippen LogP contribution >= 0.6 is 0 Å². The molecule has 4 nitrogen and oxygen atoms in total. The van der Waals surface area contributed by atoms with Crippen LogP contribution in [0.2, 0.25) is 0 Å². The molecule has 3 rings (SSSR count). The normalized spacial score (nSPS) is 12.6. The second-order valence-electron chi connectivity index (χ2n) is 5.74. The van der Waals surface area contributed by atoms with E-state index in [-0.39, 0.29) is 11.1 Å². The van der Waals surface area contributed by atoms with Crippen LogP contribution in [0.25, 0.3) is 11.0 Å². The van der Waals surface area contributed by atoms with Crippen LogP contribution in [0.4, 0.5) is 18.9 Å². The number of nitrogens with one attached hydrogen (secondary N) is 1. The lowest BCUT2D eigenvalue weighted by Gasteiger charge is -2.19. The van der Waals surface area contributed by atoms with E-state index in [1.54, 1.807) is 26.1 Å². The van der Waals surface area contributed by atoms with Crippen LogP contribution < -0.4 is 10.9 Å². The number of benzene rings is 1. The Morgan fingerprint density at radius 3 is 2.56 bits per heavy atom. The molecule has 0 amide bonds. The quantitative estimate of drug-likeness (QED) is 0.770. The van der Waals surface area contributed by atoms with E-state index in [4.69, 9.17) is 0 Å². The Morgan fingerprint density at radius 2 is 1.84 bits per heavy atom. The van der Waals surface area contributed by atoms with Gasteiger partial charge in [-0.25, -0.2) is 18.2 Å². The minimum absolute atomic E-state index is 0.146. The summed E-state index contributed by atoms with van der Waals surface area (Å²) in [6, 6.07) is 8.14. The Morgan fingerprint density at radius 1 is 1.12 bits per heavy atom. The lowest BCUT2D eigenvalue weighted by molar-refractivity contribution is 0.146. The number of anilines is 1. The number of aryl methyl sites for hydroxylation is 1. The summed E-state index contributed by atoms with van der Waals surface area (Å²) in [7, 11) is 1.61. The first-order chi connectivity index (χ1) is 11.9. The highest BCUT2D eigenvalue weighted by Crippen LogP contribution is 2.30. The fourth-order valence-electron chi connectivity index (χ4n) is 2.77. The van der Waals surface area contributed by atoms with Crippen LogP contribution in [-0.4, -0.2) is 9.55 Å². The standard InChI is InChI=1S/C18H16F3N3O/c1-10(11-4-3-5-13(16(11)19)17(20)21)23-14-8-9-22-18-12(14)6-7-15(25)24(18)2/h3-10,17H,1-2H3,(H,22,23)/t10-/m1/s1. The smallest absolute Gasteiger partial charge is 0.266 e. The lowest BCUT2D eigenvalue weighted by atomic mass is 10.0. The number of halogens is 3. The summed E-state index contributed by atoms with van der Waals surface area (Å²) in [5, 5.41) is 3.80. The summed E-state index contributed by atoms with van der Waals surface area (Å²) in [4.78, 5) is 15.9. The molecule has 3 aromatic rings. The number of hydrogen-bond donors (Lipinski definition) is 1. The molecule has 7 heteroatoms. The number of nitrogens with zero attached hydrogens (tertiary/aromatic N) is 2.